The van der Waals surface area contributed by atoms with Crippen LogP contribution in [0.5, 0.6) is 0 Å². The molecule has 1 saturated heterocycles. The summed E-state index contributed by atoms with van der Waals surface area (Å²) in [5, 5.41) is 0.146. The van der Waals surface area contributed by atoms with Crippen LogP contribution in [0.15, 0.2) is 0 Å². The fourth-order valence-electron chi connectivity index (χ4n) is 2.29. The molecule has 2 aliphatic rings. The molecule has 0 aromatic carbocycles. The third kappa shape index (κ3) is 2.88. The van der Waals surface area contributed by atoms with Gasteiger partial charge in [0.15, 0.2) is 0 Å². The summed E-state index contributed by atoms with van der Waals surface area (Å²) in [7, 11) is -3.28. The van der Waals surface area contributed by atoms with E-state index in [0.717, 1.165) is 25.7 Å². The topological polar surface area (TPSA) is 49.4 Å². The minimum Gasteiger partial charge on any atom is -0.199 e. The Morgan fingerprint density at radius 3 is 2.62 bits per heavy atom. The first-order valence-electron chi connectivity index (χ1n) is 5.89. The van der Waals surface area contributed by atoms with E-state index in [9.17, 15) is 8.42 Å². The van der Waals surface area contributed by atoms with Crippen molar-refractivity contribution in [1.82, 2.24) is 9.03 Å². The van der Waals surface area contributed by atoms with Gasteiger partial charge in [0.05, 0.1) is 0 Å². The van der Waals surface area contributed by atoms with Gasteiger partial charge in [-0.15, -0.1) is 11.6 Å². The summed E-state index contributed by atoms with van der Waals surface area (Å²) in [6, 6.07) is 0.0460. The monoisotopic (exact) mass is 266 g/mol. The summed E-state index contributed by atoms with van der Waals surface area (Å²) >= 11 is 5.83. The van der Waals surface area contributed by atoms with Gasteiger partial charge in [-0.1, -0.05) is 6.92 Å². The molecule has 94 valence electrons. The SMILES string of the molecule is CC1CCCN(S(=O)(=O)NC2CC(Cl)C2)C1. The highest BCUT2D eigenvalue weighted by atomic mass is 35.5. The predicted octanol–water partition coefficient (Wildman–Crippen LogP) is 1.32. The second kappa shape index (κ2) is 4.80. The zero-order valence-electron chi connectivity index (χ0n) is 9.52. The Balaban J connectivity index is 1.90. The normalized spacial score (nSPS) is 37.0. The second-order valence-electron chi connectivity index (χ2n) is 4.99. The number of piperidine rings is 1. The summed E-state index contributed by atoms with van der Waals surface area (Å²) < 4.78 is 28.3. The van der Waals surface area contributed by atoms with E-state index >= 15 is 0 Å². The van der Waals surface area contributed by atoms with Gasteiger partial charge in [0.1, 0.15) is 0 Å². The number of nitrogens with one attached hydrogen (secondary N) is 1. The van der Waals surface area contributed by atoms with Gasteiger partial charge >= 0.3 is 0 Å². The summed E-state index contributed by atoms with van der Waals surface area (Å²) in [6.07, 6.45) is 3.60. The van der Waals surface area contributed by atoms with Crippen molar-refractivity contribution < 1.29 is 8.42 Å². The molecule has 0 amide bonds. The van der Waals surface area contributed by atoms with Crippen LogP contribution < -0.4 is 4.72 Å². The molecule has 0 radical (unpaired) electrons. The highest BCUT2D eigenvalue weighted by Crippen LogP contribution is 2.27. The van der Waals surface area contributed by atoms with Gasteiger partial charge in [-0.05, 0) is 31.6 Å². The fraction of sp³-hybridized carbons (Fsp3) is 1.00. The molecule has 0 aromatic rings. The van der Waals surface area contributed by atoms with Crippen LogP contribution in [0.4, 0.5) is 0 Å². The lowest BCUT2D eigenvalue weighted by Crippen LogP contribution is -2.52. The minimum absolute atomic E-state index is 0.0460. The van der Waals surface area contributed by atoms with E-state index in [1.165, 1.54) is 0 Å². The van der Waals surface area contributed by atoms with Crippen molar-refractivity contribution in [2.75, 3.05) is 13.1 Å². The third-order valence-electron chi connectivity index (χ3n) is 3.36. The summed E-state index contributed by atoms with van der Waals surface area (Å²) in [5.41, 5.74) is 0. The highest BCUT2D eigenvalue weighted by Gasteiger charge is 2.34. The Morgan fingerprint density at radius 1 is 1.38 bits per heavy atom. The molecule has 4 nitrogen and oxygen atoms in total. The summed E-state index contributed by atoms with van der Waals surface area (Å²) in [6.45, 7) is 3.39. The predicted molar refractivity (Wildman–Crippen MR) is 64.7 cm³/mol. The van der Waals surface area contributed by atoms with Crippen molar-refractivity contribution in [3.05, 3.63) is 0 Å². The quantitative estimate of drug-likeness (QED) is 0.784. The first-order valence-corrected chi connectivity index (χ1v) is 7.76. The largest absolute Gasteiger partial charge is 0.279 e. The molecule has 1 saturated carbocycles. The molecule has 6 heteroatoms. The maximum atomic E-state index is 12.0. The molecule has 0 aromatic heterocycles. The molecule has 2 fully saturated rings. The van der Waals surface area contributed by atoms with Gasteiger partial charge in [0.25, 0.3) is 10.2 Å². The molecule has 1 heterocycles. The maximum Gasteiger partial charge on any atom is 0.279 e. The molecule has 1 atom stereocenters. The Hall–Kier alpha value is 0.160. The van der Waals surface area contributed by atoms with Crippen molar-refractivity contribution >= 4 is 21.8 Å². The molecule has 0 bridgehead atoms. The molecule has 1 unspecified atom stereocenters. The number of nitrogens with zero attached hydrogens (tertiary/aromatic N) is 1. The Bertz CT molecular complexity index is 341. The van der Waals surface area contributed by atoms with Crippen LogP contribution in [0.2, 0.25) is 0 Å². The lowest BCUT2D eigenvalue weighted by Gasteiger charge is -2.35. The van der Waals surface area contributed by atoms with Gasteiger partial charge in [-0.2, -0.15) is 17.4 Å². The van der Waals surface area contributed by atoms with Crippen molar-refractivity contribution in [1.29, 1.82) is 0 Å². The van der Waals surface area contributed by atoms with Crippen molar-refractivity contribution in [2.45, 2.75) is 44.0 Å². The first-order chi connectivity index (χ1) is 7.47. The molecule has 2 rings (SSSR count). The number of rotatable bonds is 3. The van der Waals surface area contributed by atoms with E-state index in [-0.39, 0.29) is 11.4 Å². The lowest BCUT2D eigenvalue weighted by atomic mass is 9.94. The van der Waals surface area contributed by atoms with E-state index < -0.39 is 10.2 Å². The van der Waals surface area contributed by atoms with Crippen LogP contribution in [0.3, 0.4) is 0 Å². The number of alkyl halides is 1. The molecule has 0 spiro atoms. The molecule has 1 N–H and O–H groups in total. The van der Waals surface area contributed by atoms with E-state index in [1.54, 1.807) is 4.31 Å². The first kappa shape index (κ1) is 12.6. The number of hydrogen-bond acceptors (Lipinski definition) is 2. The number of hydrogen-bond donors (Lipinski definition) is 1. The third-order valence-corrected chi connectivity index (χ3v) is 5.35. The second-order valence-corrected chi connectivity index (χ2v) is 7.31. The van der Waals surface area contributed by atoms with E-state index in [4.69, 9.17) is 11.6 Å². The fourth-order valence-corrected chi connectivity index (χ4v) is 4.31. The maximum absolute atomic E-state index is 12.0. The standard InChI is InChI=1S/C10H19ClN2O2S/c1-8-3-2-4-13(7-8)16(14,15)12-10-5-9(11)6-10/h8-10,12H,2-7H2,1H3. The van der Waals surface area contributed by atoms with Gasteiger partial charge in [0.2, 0.25) is 0 Å². The van der Waals surface area contributed by atoms with Crippen LogP contribution in [0.25, 0.3) is 0 Å². The van der Waals surface area contributed by atoms with Crippen LogP contribution in [-0.4, -0.2) is 37.2 Å². The van der Waals surface area contributed by atoms with Crippen molar-refractivity contribution in [2.24, 2.45) is 5.92 Å². The average molecular weight is 267 g/mol. The van der Waals surface area contributed by atoms with Crippen LogP contribution in [0.1, 0.15) is 32.6 Å². The van der Waals surface area contributed by atoms with E-state index in [2.05, 4.69) is 11.6 Å². The molecular formula is C10H19ClN2O2S. The summed E-state index contributed by atoms with van der Waals surface area (Å²) in [4.78, 5) is 0. The zero-order chi connectivity index (χ0) is 11.8. The number of halogens is 1. The zero-order valence-corrected chi connectivity index (χ0v) is 11.1. The van der Waals surface area contributed by atoms with E-state index in [0.29, 0.717) is 19.0 Å². The Kier molecular flexibility index (Phi) is 3.79. The van der Waals surface area contributed by atoms with Crippen LogP contribution >= 0.6 is 11.6 Å². The lowest BCUT2D eigenvalue weighted by molar-refractivity contribution is 0.272. The van der Waals surface area contributed by atoms with Gasteiger partial charge in [0, 0.05) is 24.5 Å². The highest BCUT2D eigenvalue weighted by molar-refractivity contribution is 7.87. The van der Waals surface area contributed by atoms with Crippen LogP contribution in [0, 0.1) is 5.92 Å². The average Bonchev–Trinajstić information content (AvgIpc) is 2.15. The summed E-state index contributed by atoms with van der Waals surface area (Å²) in [5.74, 6) is 0.465. The van der Waals surface area contributed by atoms with Crippen molar-refractivity contribution in [3.63, 3.8) is 0 Å². The molecule has 1 aliphatic heterocycles. The van der Waals surface area contributed by atoms with Gasteiger partial charge < -0.3 is 0 Å². The van der Waals surface area contributed by atoms with Gasteiger partial charge in [-0.3, -0.25) is 0 Å². The van der Waals surface area contributed by atoms with E-state index in [1.807, 2.05) is 0 Å². The minimum atomic E-state index is -3.28. The molecule has 1 aliphatic carbocycles. The van der Waals surface area contributed by atoms with Crippen LogP contribution in [-0.2, 0) is 10.2 Å². The Morgan fingerprint density at radius 2 is 2.06 bits per heavy atom. The molecule has 16 heavy (non-hydrogen) atoms. The Labute approximate surface area is 103 Å². The van der Waals surface area contributed by atoms with Gasteiger partial charge in [-0.25, -0.2) is 0 Å². The molecular weight excluding hydrogens is 248 g/mol. The smallest absolute Gasteiger partial charge is 0.199 e. The van der Waals surface area contributed by atoms with Crippen molar-refractivity contribution in [3.8, 4) is 0 Å².